The van der Waals surface area contributed by atoms with Crippen molar-refractivity contribution < 1.29 is 22.3 Å². The average molecular weight is 389 g/mol. The highest BCUT2D eigenvalue weighted by atomic mass is 79.9. The first-order valence-corrected chi connectivity index (χ1v) is 8.51. The molecule has 0 fully saturated rings. The molecule has 5 nitrogen and oxygen atoms in total. The van der Waals surface area contributed by atoms with E-state index in [4.69, 9.17) is 15.4 Å². The molecule has 1 atom stereocenters. The number of halogens is 3. The SMILES string of the molecule is COC(C)CNC(=O)c1cc(F)c(Br)c(S(=O)(=O)Cl)c1. The second kappa shape index (κ2) is 6.84. The van der Waals surface area contributed by atoms with E-state index in [1.807, 2.05) is 0 Å². The summed E-state index contributed by atoms with van der Waals surface area (Å²) in [5.74, 6) is -1.52. The average Bonchev–Trinajstić information content (AvgIpc) is 2.36. The molecule has 9 heteroatoms. The fourth-order valence-corrected chi connectivity index (χ4v) is 3.39. The maximum atomic E-state index is 13.6. The molecule has 0 saturated carbocycles. The molecule has 0 radical (unpaired) electrons. The van der Waals surface area contributed by atoms with Crippen molar-refractivity contribution in [3.63, 3.8) is 0 Å². The molecule has 112 valence electrons. The van der Waals surface area contributed by atoms with Gasteiger partial charge in [-0.1, -0.05) is 0 Å². The van der Waals surface area contributed by atoms with Crippen molar-refractivity contribution in [1.82, 2.24) is 5.32 Å². The van der Waals surface area contributed by atoms with Crippen LogP contribution >= 0.6 is 26.6 Å². The first kappa shape index (κ1) is 17.4. The molecule has 0 aromatic heterocycles. The van der Waals surface area contributed by atoms with E-state index in [2.05, 4.69) is 21.2 Å². The third-order valence-corrected chi connectivity index (χ3v) is 4.89. The minimum Gasteiger partial charge on any atom is -0.380 e. The Labute approximate surface area is 129 Å². The maximum absolute atomic E-state index is 13.6. The van der Waals surface area contributed by atoms with Crippen LogP contribution in [-0.4, -0.2) is 34.1 Å². The Morgan fingerprint density at radius 1 is 1.55 bits per heavy atom. The molecule has 1 aromatic carbocycles. The zero-order valence-corrected chi connectivity index (χ0v) is 13.8. The van der Waals surface area contributed by atoms with Gasteiger partial charge in [0.2, 0.25) is 0 Å². The van der Waals surface area contributed by atoms with E-state index in [9.17, 15) is 17.6 Å². The third kappa shape index (κ3) is 4.41. The summed E-state index contributed by atoms with van der Waals surface area (Å²) in [5.41, 5.74) is -0.145. The van der Waals surface area contributed by atoms with Gasteiger partial charge in [-0.3, -0.25) is 4.79 Å². The molecular formula is C11H12BrClFNO4S. The summed E-state index contributed by atoms with van der Waals surface area (Å²) in [4.78, 5) is 11.3. The van der Waals surface area contributed by atoms with Crippen molar-refractivity contribution in [3.05, 3.63) is 28.0 Å². The Morgan fingerprint density at radius 3 is 2.65 bits per heavy atom. The van der Waals surface area contributed by atoms with Crippen LogP contribution in [-0.2, 0) is 13.8 Å². The standard InChI is InChI=1S/C11H12BrClFNO4S/c1-6(19-2)5-15-11(16)7-3-8(14)10(12)9(4-7)20(13,17)18/h3-4,6H,5H2,1-2H3,(H,15,16). The largest absolute Gasteiger partial charge is 0.380 e. The third-order valence-electron chi connectivity index (χ3n) is 2.47. The van der Waals surface area contributed by atoms with E-state index in [-0.39, 0.29) is 22.7 Å². The lowest BCUT2D eigenvalue weighted by Gasteiger charge is -2.11. The minimum absolute atomic E-state index is 0.145. The normalized spacial score (nSPS) is 13.1. The number of ether oxygens (including phenoxy) is 1. The van der Waals surface area contributed by atoms with E-state index >= 15 is 0 Å². The Bertz CT molecular complexity index is 623. The van der Waals surface area contributed by atoms with Crippen molar-refractivity contribution in [1.29, 1.82) is 0 Å². The van der Waals surface area contributed by atoms with E-state index in [0.717, 1.165) is 12.1 Å². The Hall–Kier alpha value is -0.700. The number of carbonyl (C=O) groups is 1. The molecular weight excluding hydrogens is 377 g/mol. The summed E-state index contributed by atoms with van der Waals surface area (Å²) in [5, 5.41) is 2.49. The number of methoxy groups -OCH3 is 1. The number of carbonyl (C=O) groups excluding carboxylic acids is 1. The van der Waals surface area contributed by atoms with E-state index in [0.29, 0.717) is 0 Å². The Balaban J connectivity index is 3.09. The highest BCUT2D eigenvalue weighted by Gasteiger charge is 2.21. The van der Waals surface area contributed by atoms with Gasteiger partial charge in [-0.15, -0.1) is 0 Å². The highest BCUT2D eigenvalue weighted by molar-refractivity contribution is 9.10. The van der Waals surface area contributed by atoms with Gasteiger partial charge in [0, 0.05) is 29.9 Å². The van der Waals surface area contributed by atoms with E-state index in [1.165, 1.54) is 7.11 Å². The van der Waals surface area contributed by atoms with Crippen molar-refractivity contribution in [2.24, 2.45) is 0 Å². The van der Waals surface area contributed by atoms with Crippen molar-refractivity contribution in [2.45, 2.75) is 17.9 Å². The number of benzene rings is 1. The topological polar surface area (TPSA) is 72.5 Å². The molecule has 0 heterocycles. The van der Waals surface area contributed by atoms with Crippen LogP contribution in [0.4, 0.5) is 4.39 Å². The van der Waals surface area contributed by atoms with Crippen LogP contribution in [0.25, 0.3) is 0 Å². The summed E-state index contributed by atoms with van der Waals surface area (Å²) in [6.07, 6.45) is -0.226. The monoisotopic (exact) mass is 387 g/mol. The van der Waals surface area contributed by atoms with Gasteiger partial charge < -0.3 is 10.1 Å². The lowest BCUT2D eigenvalue weighted by atomic mass is 10.2. The summed E-state index contributed by atoms with van der Waals surface area (Å²) in [7, 11) is 2.50. The van der Waals surface area contributed by atoms with Gasteiger partial charge in [0.15, 0.2) is 0 Å². The van der Waals surface area contributed by atoms with Crippen LogP contribution in [0.3, 0.4) is 0 Å². The molecule has 20 heavy (non-hydrogen) atoms. The minimum atomic E-state index is -4.17. The molecule has 1 rings (SSSR count). The summed E-state index contributed by atoms with van der Waals surface area (Å²) < 4.78 is 40.9. The molecule has 1 amide bonds. The van der Waals surface area contributed by atoms with Crippen molar-refractivity contribution in [2.75, 3.05) is 13.7 Å². The van der Waals surface area contributed by atoms with Gasteiger partial charge >= 0.3 is 0 Å². The molecule has 0 aliphatic heterocycles. The van der Waals surface area contributed by atoms with E-state index < -0.39 is 25.7 Å². The summed E-state index contributed by atoms with van der Waals surface area (Å²) >= 11 is 2.78. The summed E-state index contributed by atoms with van der Waals surface area (Å²) in [6.45, 7) is 1.94. The fraction of sp³-hybridized carbons (Fsp3) is 0.364. The van der Waals surface area contributed by atoms with Crippen LogP contribution in [0, 0.1) is 5.82 Å². The molecule has 0 aliphatic rings. The van der Waals surface area contributed by atoms with Gasteiger partial charge in [0.1, 0.15) is 10.7 Å². The second-order valence-electron chi connectivity index (χ2n) is 3.96. The van der Waals surface area contributed by atoms with Gasteiger partial charge in [-0.25, -0.2) is 12.8 Å². The van der Waals surface area contributed by atoms with Gasteiger partial charge in [0.05, 0.1) is 10.6 Å². The highest BCUT2D eigenvalue weighted by Crippen LogP contribution is 2.29. The molecule has 1 aromatic rings. The van der Waals surface area contributed by atoms with Crippen LogP contribution in [0.1, 0.15) is 17.3 Å². The van der Waals surface area contributed by atoms with Gasteiger partial charge in [-0.2, -0.15) is 0 Å². The smallest absolute Gasteiger partial charge is 0.262 e. The lowest BCUT2D eigenvalue weighted by molar-refractivity contribution is 0.0870. The second-order valence-corrected chi connectivity index (χ2v) is 7.29. The van der Waals surface area contributed by atoms with Crippen molar-refractivity contribution >= 4 is 41.6 Å². The lowest BCUT2D eigenvalue weighted by Crippen LogP contribution is -2.31. The molecule has 0 aliphatic carbocycles. The molecule has 0 spiro atoms. The number of nitrogens with one attached hydrogen (secondary N) is 1. The zero-order chi connectivity index (χ0) is 15.5. The predicted molar refractivity (Wildman–Crippen MR) is 75.9 cm³/mol. The molecule has 1 unspecified atom stereocenters. The number of rotatable bonds is 5. The van der Waals surface area contributed by atoms with Gasteiger partial charge in [0.25, 0.3) is 15.0 Å². The first-order chi connectivity index (χ1) is 9.16. The summed E-state index contributed by atoms with van der Waals surface area (Å²) in [6, 6.07) is 1.92. The maximum Gasteiger partial charge on any atom is 0.262 e. The first-order valence-electron chi connectivity index (χ1n) is 5.41. The van der Waals surface area contributed by atoms with Crippen LogP contribution in [0.2, 0.25) is 0 Å². The van der Waals surface area contributed by atoms with E-state index in [1.54, 1.807) is 6.92 Å². The number of hydrogen-bond acceptors (Lipinski definition) is 4. The van der Waals surface area contributed by atoms with Crippen LogP contribution < -0.4 is 5.32 Å². The molecule has 1 N–H and O–H groups in total. The quantitative estimate of drug-likeness (QED) is 0.786. The predicted octanol–water partition coefficient (Wildman–Crippen LogP) is 2.28. The fourth-order valence-electron chi connectivity index (χ4n) is 1.29. The van der Waals surface area contributed by atoms with Crippen LogP contribution in [0.15, 0.2) is 21.5 Å². The molecule has 0 bridgehead atoms. The Kier molecular flexibility index (Phi) is 5.93. The van der Waals surface area contributed by atoms with Crippen LogP contribution in [0.5, 0.6) is 0 Å². The molecule has 0 saturated heterocycles. The van der Waals surface area contributed by atoms with Crippen molar-refractivity contribution in [3.8, 4) is 0 Å². The zero-order valence-electron chi connectivity index (χ0n) is 10.6. The number of hydrogen-bond donors (Lipinski definition) is 1. The Morgan fingerprint density at radius 2 is 2.15 bits per heavy atom. The van der Waals surface area contributed by atoms with Gasteiger partial charge in [-0.05, 0) is 35.0 Å². The number of amides is 1.